The second-order valence-electron chi connectivity index (χ2n) is 6.52. The highest BCUT2D eigenvalue weighted by molar-refractivity contribution is 6.31. The summed E-state index contributed by atoms with van der Waals surface area (Å²) in [4.78, 5) is 28.4. The van der Waals surface area contributed by atoms with Crippen molar-refractivity contribution in [3.63, 3.8) is 0 Å². The van der Waals surface area contributed by atoms with E-state index in [1.54, 1.807) is 36.9 Å². The maximum absolute atomic E-state index is 12.7. The van der Waals surface area contributed by atoms with Crippen molar-refractivity contribution in [2.45, 2.75) is 38.7 Å². The number of hydrogen-bond donors (Lipinski definition) is 0. The van der Waals surface area contributed by atoms with Gasteiger partial charge in [0.25, 0.3) is 5.91 Å². The van der Waals surface area contributed by atoms with Crippen molar-refractivity contribution in [1.82, 2.24) is 4.90 Å². The molecule has 1 aromatic carbocycles. The van der Waals surface area contributed by atoms with Crippen LogP contribution < -0.4 is 9.64 Å². The fraction of sp³-hybridized carbons (Fsp3) is 0.529. The smallest absolute Gasteiger partial charge is 0.270 e. The summed E-state index contributed by atoms with van der Waals surface area (Å²) in [5.74, 6) is 0.567. The second kappa shape index (κ2) is 6.04. The van der Waals surface area contributed by atoms with Crippen LogP contribution >= 0.6 is 11.6 Å². The zero-order valence-electron chi connectivity index (χ0n) is 13.5. The molecule has 1 saturated heterocycles. The largest absolute Gasteiger partial charge is 0.476 e. The molecule has 2 aliphatic heterocycles. The van der Waals surface area contributed by atoms with Crippen LogP contribution in [0.3, 0.4) is 0 Å². The third-order valence-corrected chi connectivity index (χ3v) is 4.58. The topological polar surface area (TPSA) is 49.9 Å². The molecule has 2 aliphatic rings. The van der Waals surface area contributed by atoms with E-state index in [0.29, 0.717) is 29.4 Å². The van der Waals surface area contributed by atoms with Crippen LogP contribution in [0.1, 0.15) is 33.1 Å². The molecular weight excluding hydrogens is 316 g/mol. The molecule has 0 unspecified atom stereocenters. The van der Waals surface area contributed by atoms with E-state index >= 15 is 0 Å². The van der Waals surface area contributed by atoms with Gasteiger partial charge in [0.2, 0.25) is 5.91 Å². The molecule has 124 valence electrons. The van der Waals surface area contributed by atoms with Crippen LogP contribution in [0.4, 0.5) is 5.69 Å². The molecule has 0 radical (unpaired) electrons. The molecule has 0 aromatic heterocycles. The highest BCUT2D eigenvalue weighted by Gasteiger charge is 2.41. The number of benzene rings is 1. The van der Waals surface area contributed by atoms with Gasteiger partial charge in [0.1, 0.15) is 5.75 Å². The molecule has 0 spiro atoms. The highest BCUT2D eigenvalue weighted by Crippen LogP contribution is 2.39. The van der Waals surface area contributed by atoms with Gasteiger partial charge in [0.15, 0.2) is 5.60 Å². The van der Waals surface area contributed by atoms with E-state index in [1.807, 2.05) is 4.90 Å². The van der Waals surface area contributed by atoms with Gasteiger partial charge in [-0.1, -0.05) is 11.6 Å². The number of anilines is 1. The Kier molecular flexibility index (Phi) is 4.23. The highest BCUT2D eigenvalue weighted by atomic mass is 35.5. The number of amides is 2. The normalized spacial score (nSPS) is 19.5. The molecular formula is C17H21ClN2O3. The lowest BCUT2D eigenvalue weighted by Gasteiger charge is -2.39. The molecule has 1 aromatic rings. The Hall–Kier alpha value is -1.75. The number of nitrogens with zero attached hydrogens (tertiary/aromatic N) is 2. The number of halogens is 1. The zero-order chi connectivity index (χ0) is 16.6. The van der Waals surface area contributed by atoms with E-state index in [0.717, 1.165) is 25.9 Å². The third kappa shape index (κ3) is 3.15. The number of ether oxygens (including phenoxy) is 1. The van der Waals surface area contributed by atoms with Crippen LogP contribution in [0, 0.1) is 0 Å². The summed E-state index contributed by atoms with van der Waals surface area (Å²) in [7, 11) is 0. The summed E-state index contributed by atoms with van der Waals surface area (Å²) in [6.45, 7) is 5.46. The Morgan fingerprint density at radius 1 is 1.30 bits per heavy atom. The minimum Gasteiger partial charge on any atom is -0.476 e. The monoisotopic (exact) mass is 336 g/mol. The van der Waals surface area contributed by atoms with E-state index in [4.69, 9.17) is 16.3 Å². The molecule has 2 heterocycles. The van der Waals surface area contributed by atoms with E-state index in [2.05, 4.69) is 0 Å². The predicted octanol–water partition coefficient (Wildman–Crippen LogP) is 2.86. The lowest BCUT2D eigenvalue weighted by molar-refractivity contribution is -0.133. The van der Waals surface area contributed by atoms with E-state index in [-0.39, 0.29) is 11.8 Å². The first-order valence-corrected chi connectivity index (χ1v) is 8.34. The van der Waals surface area contributed by atoms with E-state index in [9.17, 15) is 9.59 Å². The fourth-order valence-electron chi connectivity index (χ4n) is 3.09. The van der Waals surface area contributed by atoms with Crippen molar-refractivity contribution >= 4 is 29.1 Å². The van der Waals surface area contributed by atoms with Gasteiger partial charge in [-0.2, -0.15) is 0 Å². The van der Waals surface area contributed by atoms with Crippen molar-refractivity contribution < 1.29 is 14.3 Å². The first-order chi connectivity index (χ1) is 10.9. The number of hydrogen-bond acceptors (Lipinski definition) is 3. The Morgan fingerprint density at radius 2 is 2.00 bits per heavy atom. The summed E-state index contributed by atoms with van der Waals surface area (Å²) in [5, 5.41) is 0.538. The maximum atomic E-state index is 12.7. The van der Waals surface area contributed by atoms with Gasteiger partial charge in [0, 0.05) is 31.1 Å². The van der Waals surface area contributed by atoms with Crippen molar-refractivity contribution in [3.05, 3.63) is 23.2 Å². The minimum absolute atomic E-state index is 0.100. The molecule has 0 N–H and O–H groups in total. The lowest BCUT2D eigenvalue weighted by atomic mass is 10.0. The van der Waals surface area contributed by atoms with Gasteiger partial charge in [-0.25, -0.2) is 0 Å². The average Bonchev–Trinajstić information content (AvgIpc) is 3.02. The number of rotatable bonds is 3. The Morgan fingerprint density at radius 3 is 2.70 bits per heavy atom. The first kappa shape index (κ1) is 16.1. The standard InChI is InChI=1S/C17H21ClN2O3/c1-17(2)16(22)20(10-7-15(21)19-8-3-4-9-19)13-11-12(18)5-6-14(13)23-17/h5-6,11H,3-4,7-10H2,1-2H3. The molecule has 5 nitrogen and oxygen atoms in total. The van der Waals surface area contributed by atoms with Gasteiger partial charge in [-0.3, -0.25) is 9.59 Å². The molecule has 2 amide bonds. The lowest BCUT2D eigenvalue weighted by Crippen LogP contribution is -2.53. The van der Waals surface area contributed by atoms with E-state index < -0.39 is 5.60 Å². The number of likely N-dealkylation sites (tertiary alicyclic amines) is 1. The first-order valence-electron chi connectivity index (χ1n) is 7.97. The SMILES string of the molecule is CC1(C)Oc2ccc(Cl)cc2N(CCC(=O)N2CCCC2)C1=O. The van der Waals surface area contributed by atoms with E-state index in [1.165, 1.54) is 0 Å². The summed E-state index contributed by atoms with van der Waals surface area (Å²) >= 11 is 6.06. The Labute approximate surface area is 141 Å². The zero-order valence-corrected chi connectivity index (χ0v) is 14.2. The van der Waals surface area contributed by atoms with Crippen molar-refractivity contribution in [2.24, 2.45) is 0 Å². The van der Waals surface area contributed by atoms with Crippen LogP contribution in [0.25, 0.3) is 0 Å². The summed E-state index contributed by atoms with van der Waals surface area (Å²) in [6.07, 6.45) is 2.44. The van der Waals surface area contributed by atoms with Crippen LogP contribution in [0.5, 0.6) is 5.75 Å². The quantitative estimate of drug-likeness (QED) is 0.852. The number of carbonyl (C=O) groups is 2. The number of carbonyl (C=O) groups excluding carboxylic acids is 2. The fourth-order valence-corrected chi connectivity index (χ4v) is 3.26. The summed E-state index contributed by atoms with van der Waals surface area (Å²) in [5.41, 5.74) is -0.312. The summed E-state index contributed by atoms with van der Waals surface area (Å²) < 4.78 is 5.78. The molecule has 0 atom stereocenters. The maximum Gasteiger partial charge on any atom is 0.270 e. The van der Waals surface area contributed by atoms with Crippen LogP contribution in [-0.4, -0.2) is 41.9 Å². The van der Waals surface area contributed by atoms with Crippen molar-refractivity contribution in [2.75, 3.05) is 24.5 Å². The molecule has 0 bridgehead atoms. The molecule has 23 heavy (non-hydrogen) atoms. The molecule has 3 rings (SSSR count). The average molecular weight is 337 g/mol. The van der Waals surface area contributed by atoms with Crippen molar-refractivity contribution in [3.8, 4) is 5.75 Å². The van der Waals surface area contributed by atoms with Gasteiger partial charge in [-0.15, -0.1) is 0 Å². The Bertz CT molecular complexity index is 639. The second-order valence-corrected chi connectivity index (χ2v) is 6.96. The molecule has 0 saturated carbocycles. The van der Waals surface area contributed by atoms with Crippen LogP contribution in [0.2, 0.25) is 5.02 Å². The molecule has 6 heteroatoms. The third-order valence-electron chi connectivity index (χ3n) is 4.35. The predicted molar refractivity (Wildman–Crippen MR) is 88.9 cm³/mol. The molecule has 0 aliphatic carbocycles. The van der Waals surface area contributed by atoms with Crippen molar-refractivity contribution in [1.29, 1.82) is 0 Å². The van der Waals surface area contributed by atoms with Crippen LogP contribution in [0.15, 0.2) is 18.2 Å². The summed E-state index contributed by atoms with van der Waals surface area (Å²) in [6, 6.07) is 5.21. The van der Waals surface area contributed by atoms with Gasteiger partial charge >= 0.3 is 0 Å². The van der Waals surface area contributed by atoms with Gasteiger partial charge < -0.3 is 14.5 Å². The minimum atomic E-state index is -0.947. The Balaban J connectivity index is 1.80. The van der Waals surface area contributed by atoms with Gasteiger partial charge in [0.05, 0.1) is 5.69 Å². The molecule has 1 fully saturated rings. The van der Waals surface area contributed by atoms with Crippen LogP contribution in [-0.2, 0) is 9.59 Å². The van der Waals surface area contributed by atoms with Gasteiger partial charge in [-0.05, 0) is 44.9 Å². The number of fused-ring (bicyclic) bond motifs is 1.